The fourth-order valence-corrected chi connectivity index (χ4v) is 1.94. The number of pyridine rings is 1. The van der Waals surface area contributed by atoms with E-state index in [1.165, 1.54) is 24.9 Å². The molecule has 0 saturated carbocycles. The smallest absolute Gasteiger partial charge is 0.340 e. The summed E-state index contributed by atoms with van der Waals surface area (Å²) >= 11 is 0. The van der Waals surface area contributed by atoms with Gasteiger partial charge in [-0.15, -0.1) is 0 Å². The maximum atomic E-state index is 11.6. The molecular weight excluding hydrogens is 254 g/mol. The summed E-state index contributed by atoms with van der Waals surface area (Å²) in [5.41, 5.74) is 9.70. The highest BCUT2D eigenvalue weighted by atomic mass is 16.5. The van der Waals surface area contributed by atoms with Gasteiger partial charge in [0.25, 0.3) is 0 Å². The molecule has 0 amide bonds. The Labute approximate surface area is 117 Å². The van der Waals surface area contributed by atoms with Crippen LogP contribution in [0.1, 0.15) is 21.5 Å². The number of nitrogens with zero attached hydrogens (tertiary/aromatic N) is 1. The molecule has 1 aromatic heterocycles. The van der Waals surface area contributed by atoms with Crippen LogP contribution in [-0.4, -0.2) is 18.1 Å². The van der Waals surface area contributed by atoms with Crippen molar-refractivity contribution in [1.82, 2.24) is 4.98 Å². The Hall–Kier alpha value is -2.56. The lowest BCUT2D eigenvalue weighted by molar-refractivity contribution is 0.0602. The fourth-order valence-electron chi connectivity index (χ4n) is 1.94. The second-order valence-electron chi connectivity index (χ2n) is 4.56. The van der Waals surface area contributed by atoms with Gasteiger partial charge in [-0.05, 0) is 31.5 Å². The van der Waals surface area contributed by atoms with E-state index in [1.54, 1.807) is 0 Å². The Morgan fingerprint density at radius 2 is 2.05 bits per heavy atom. The number of aromatic nitrogens is 1. The molecule has 0 atom stereocenters. The lowest BCUT2D eigenvalue weighted by Crippen LogP contribution is -2.09. The van der Waals surface area contributed by atoms with E-state index in [4.69, 9.17) is 5.73 Å². The summed E-state index contributed by atoms with van der Waals surface area (Å²) in [5, 5.41) is 3.14. The third kappa shape index (κ3) is 2.71. The number of nitrogens with one attached hydrogen (secondary N) is 1. The summed E-state index contributed by atoms with van der Waals surface area (Å²) in [6, 6.07) is 7.54. The van der Waals surface area contributed by atoms with Gasteiger partial charge < -0.3 is 15.8 Å². The molecule has 20 heavy (non-hydrogen) atoms. The van der Waals surface area contributed by atoms with Crippen molar-refractivity contribution in [2.24, 2.45) is 0 Å². The minimum Gasteiger partial charge on any atom is -0.465 e. The quantitative estimate of drug-likeness (QED) is 0.839. The summed E-state index contributed by atoms with van der Waals surface area (Å²) in [4.78, 5) is 15.8. The van der Waals surface area contributed by atoms with E-state index in [-0.39, 0.29) is 5.69 Å². The highest BCUT2D eigenvalue weighted by Gasteiger charge is 2.14. The Bertz CT molecular complexity index is 654. The molecule has 0 aliphatic carbocycles. The number of nitrogens with two attached hydrogens (primary N) is 1. The van der Waals surface area contributed by atoms with Gasteiger partial charge in [0.2, 0.25) is 0 Å². The van der Waals surface area contributed by atoms with Crippen LogP contribution in [0.5, 0.6) is 0 Å². The molecule has 0 bridgehead atoms. The van der Waals surface area contributed by atoms with Crippen molar-refractivity contribution in [2.75, 3.05) is 18.2 Å². The summed E-state index contributed by atoms with van der Waals surface area (Å²) in [6.07, 6.45) is 1.52. The van der Waals surface area contributed by atoms with Gasteiger partial charge in [-0.1, -0.05) is 17.7 Å². The van der Waals surface area contributed by atoms with Gasteiger partial charge in [0.05, 0.1) is 18.4 Å². The number of aryl methyl sites for hydroxylation is 2. The summed E-state index contributed by atoms with van der Waals surface area (Å²) < 4.78 is 4.69. The van der Waals surface area contributed by atoms with E-state index >= 15 is 0 Å². The second kappa shape index (κ2) is 5.61. The number of nitrogen functional groups attached to an aromatic ring is 1. The predicted molar refractivity (Wildman–Crippen MR) is 79.2 cm³/mol. The number of hydrogen-bond acceptors (Lipinski definition) is 5. The number of anilines is 3. The highest BCUT2D eigenvalue weighted by Crippen LogP contribution is 2.26. The van der Waals surface area contributed by atoms with Crippen molar-refractivity contribution in [2.45, 2.75) is 13.8 Å². The Morgan fingerprint density at radius 1 is 1.30 bits per heavy atom. The minimum atomic E-state index is -0.478. The number of carbonyl (C=O) groups excluding carboxylic acids is 1. The molecule has 0 unspecified atom stereocenters. The number of carbonyl (C=O) groups is 1. The number of rotatable bonds is 3. The van der Waals surface area contributed by atoms with Gasteiger partial charge in [-0.3, -0.25) is 0 Å². The Balaban J connectivity index is 2.37. The topological polar surface area (TPSA) is 77.2 Å². The van der Waals surface area contributed by atoms with Crippen LogP contribution >= 0.6 is 0 Å². The van der Waals surface area contributed by atoms with Crippen LogP contribution in [0.4, 0.5) is 17.2 Å². The van der Waals surface area contributed by atoms with E-state index in [0.29, 0.717) is 11.4 Å². The van der Waals surface area contributed by atoms with Crippen molar-refractivity contribution >= 4 is 23.2 Å². The molecule has 0 radical (unpaired) electrons. The fraction of sp³-hybridized carbons (Fsp3) is 0.200. The number of hydrogen-bond donors (Lipinski definition) is 2. The molecule has 5 nitrogen and oxygen atoms in total. The van der Waals surface area contributed by atoms with Gasteiger partial charge in [0.1, 0.15) is 0 Å². The first-order chi connectivity index (χ1) is 9.52. The van der Waals surface area contributed by atoms with E-state index in [1.807, 2.05) is 26.0 Å². The van der Waals surface area contributed by atoms with Gasteiger partial charge >= 0.3 is 5.97 Å². The lowest BCUT2D eigenvalue weighted by Gasteiger charge is -2.13. The van der Waals surface area contributed by atoms with Crippen LogP contribution in [0.3, 0.4) is 0 Å². The molecular formula is C15H17N3O2. The van der Waals surface area contributed by atoms with Crippen LogP contribution in [0.25, 0.3) is 0 Å². The highest BCUT2D eigenvalue weighted by molar-refractivity contribution is 5.97. The molecule has 0 fully saturated rings. The van der Waals surface area contributed by atoms with Gasteiger partial charge in [-0.25, -0.2) is 9.78 Å². The van der Waals surface area contributed by atoms with Crippen molar-refractivity contribution in [3.05, 3.63) is 47.2 Å². The van der Waals surface area contributed by atoms with E-state index < -0.39 is 5.97 Å². The molecule has 0 aliphatic rings. The zero-order valence-corrected chi connectivity index (χ0v) is 11.7. The van der Waals surface area contributed by atoms with Gasteiger partial charge in [-0.2, -0.15) is 0 Å². The van der Waals surface area contributed by atoms with Crippen LogP contribution in [0, 0.1) is 13.8 Å². The number of benzene rings is 1. The van der Waals surface area contributed by atoms with Crippen LogP contribution in [-0.2, 0) is 4.74 Å². The second-order valence-corrected chi connectivity index (χ2v) is 4.56. The predicted octanol–water partition coefficient (Wildman–Crippen LogP) is 2.81. The van der Waals surface area contributed by atoms with Crippen LogP contribution in [0.15, 0.2) is 30.5 Å². The lowest BCUT2D eigenvalue weighted by atomic mass is 10.1. The first-order valence-electron chi connectivity index (χ1n) is 6.20. The first kappa shape index (κ1) is 13.9. The molecule has 5 heteroatoms. The molecule has 0 saturated heterocycles. The zero-order valence-electron chi connectivity index (χ0n) is 11.7. The van der Waals surface area contributed by atoms with E-state index in [2.05, 4.69) is 21.1 Å². The third-order valence-electron chi connectivity index (χ3n) is 3.03. The summed E-state index contributed by atoms with van der Waals surface area (Å²) in [7, 11) is 1.32. The maximum absolute atomic E-state index is 11.6. The number of esters is 1. The summed E-state index contributed by atoms with van der Waals surface area (Å²) in [5.74, 6) is -0.0339. The maximum Gasteiger partial charge on any atom is 0.340 e. The van der Waals surface area contributed by atoms with Crippen molar-refractivity contribution < 1.29 is 9.53 Å². The average molecular weight is 271 g/mol. The molecule has 2 aromatic rings. The minimum absolute atomic E-state index is 0.277. The van der Waals surface area contributed by atoms with Crippen molar-refractivity contribution in [3.63, 3.8) is 0 Å². The molecule has 1 heterocycles. The average Bonchev–Trinajstić information content (AvgIpc) is 2.43. The SMILES string of the molecule is COC(=O)c1ccnc(Nc2ccc(C)cc2C)c1N. The largest absolute Gasteiger partial charge is 0.465 e. The Kier molecular flexibility index (Phi) is 3.89. The molecule has 0 spiro atoms. The van der Waals surface area contributed by atoms with Crippen molar-refractivity contribution in [3.8, 4) is 0 Å². The van der Waals surface area contributed by atoms with Gasteiger partial charge in [0.15, 0.2) is 5.82 Å². The van der Waals surface area contributed by atoms with E-state index in [9.17, 15) is 4.79 Å². The molecule has 104 valence electrons. The number of ether oxygens (including phenoxy) is 1. The summed E-state index contributed by atoms with van der Waals surface area (Å²) in [6.45, 7) is 4.02. The monoisotopic (exact) mass is 271 g/mol. The number of methoxy groups -OCH3 is 1. The normalized spacial score (nSPS) is 10.2. The van der Waals surface area contributed by atoms with Crippen molar-refractivity contribution in [1.29, 1.82) is 0 Å². The zero-order chi connectivity index (χ0) is 14.7. The van der Waals surface area contributed by atoms with Gasteiger partial charge in [0, 0.05) is 11.9 Å². The molecule has 0 aliphatic heterocycles. The molecule has 3 N–H and O–H groups in total. The third-order valence-corrected chi connectivity index (χ3v) is 3.03. The Morgan fingerprint density at radius 3 is 2.70 bits per heavy atom. The molecule has 1 aromatic carbocycles. The van der Waals surface area contributed by atoms with Crippen LogP contribution < -0.4 is 11.1 Å². The first-order valence-corrected chi connectivity index (χ1v) is 6.20. The van der Waals surface area contributed by atoms with E-state index in [0.717, 1.165) is 11.3 Å². The molecule has 2 rings (SSSR count). The standard InChI is InChI=1S/C15H17N3O2/c1-9-4-5-12(10(2)8-9)18-14-13(16)11(6-7-17-14)15(19)20-3/h4-8H,16H2,1-3H3,(H,17,18). The van der Waals surface area contributed by atoms with Crippen LogP contribution in [0.2, 0.25) is 0 Å².